The molecular formula is C21H17ClN4O3. The van der Waals surface area contributed by atoms with Gasteiger partial charge in [0.2, 0.25) is 0 Å². The Balaban J connectivity index is 1.46. The quantitative estimate of drug-likeness (QED) is 0.508. The largest absolute Gasteiger partial charge is 0.497 e. The molecule has 0 saturated heterocycles. The summed E-state index contributed by atoms with van der Waals surface area (Å²) in [4.78, 5) is 12.6. The van der Waals surface area contributed by atoms with Crippen LogP contribution in [0.5, 0.6) is 5.75 Å². The number of rotatable bonds is 6. The van der Waals surface area contributed by atoms with Crippen LogP contribution in [0.2, 0.25) is 5.02 Å². The lowest BCUT2D eigenvalue weighted by atomic mass is 10.1. The smallest absolute Gasteiger partial charge is 0.279 e. The molecule has 146 valence electrons. The van der Waals surface area contributed by atoms with Gasteiger partial charge in [0, 0.05) is 22.7 Å². The van der Waals surface area contributed by atoms with Crippen molar-refractivity contribution in [2.24, 2.45) is 0 Å². The Hall–Kier alpha value is -3.58. The van der Waals surface area contributed by atoms with Crippen molar-refractivity contribution in [2.45, 2.75) is 6.54 Å². The van der Waals surface area contributed by atoms with Crippen LogP contribution in [0.1, 0.15) is 16.1 Å². The summed E-state index contributed by atoms with van der Waals surface area (Å²) < 4.78 is 12.2. The van der Waals surface area contributed by atoms with Gasteiger partial charge >= 0.3 is 0 Å². The van der Waals surface area contributed by atoms with E-state index in [-0.39, 0.29) is 11.6 Å². The first kappa shape index (κ1) is 18.8. The molecule has 4 aromatic rings. The molecule has 29 heavy (non-hydrogen) atoms. The normalized spacial score (nSPS) is 10.7. The zero-order chi connectivity index (χ0) is 20.2. The van der Waals surface area contributed by atoms with E-state index in [1.807, 2.05) is 24.3 Å². The van der Waals surface area contributed by atoms with Gasteiger partial charge in [0.1, 0.15) is 11.6 Å². The molecule has 7 nitrogen and oxygen atoms in total. The fourth-order valence-electron chi connectivity index (χ4n) is 2.78. The second-order valence-electron chi connectivity index (χ2n) is 6.26. The predicted molar refractivity (Wildman–Crippen MR) is 109 cm³/mol. The first-order valence-corrected chi connectivity index (χ1v) is 9.19. The van der Waals surface area contributed by atoms with Crippen LogP contribution in [0.25, 0.3) is 11.3 Å². The molecule has 8 heteroatoms. The number of ether oxygens (including phenoxy) is 1. The van der Waals surface area contributed by atoms with E-state index in [0.717, 1.165) is 16.9 Å². The van der Waals surface area contributed by atoms with Crippen LogP contribution in [0.15, 0.2) is 71.4 Å². The topological polar surface area (TPSA) is 82.2 Å². The lowest BCUT2D eigenvalue weighted by molar-refractivity contribution is 0.101. The molecule has 0 bridgehead atoms. The number of nitrogens with one attached hydrogen (secondary N) is 1. The van der Waals surface area contributed by atoms with E-state index < -0.39 is 0 Å². The average Bonchev–Trinajstić information content (AvgIpc) is 3.39. The van der Waals surface area contributed by atoms with E-state index in [1.165, 1.54) is 0 Å². The summed E-state index contributed by atoms with van der Waals surface area (Å²) in [6, 6.07) is 18.1. The minimum absolute atomic E-state index is 0.173. The molecule has 0 aliphatic rings. The van der Waals surface area contributed by atoms with E-state index in [1.54, 1.807) is 54.4 Å². The van der Waals surface area contributed by atoms with Gasteiger partial charge in [0.05, 0.1) is 19.9 Å². The van der Waals surface area contributed by atoms with Gasteiger partial charge in [-0.2, -0.15) is 5.10 Å². The van der Waals surface area contributed by atoms with Crippen LogP contribution in [-0.2, 0) is 6.54 Å². The Labute approximate surface area is 171 Å². The highest BCUT2D eigenvalue weighted by Crippen LogP contribution is 2.23. The molecule has 2 aromatic heterocycles. The van der Waals surface area contributed by atoms with Crippen LogP contribution in [-0.4, -0.2) is 28.0 Å². The summed E-state index contributed by atoms with van der Waals surface area (Å²) >= 11 is 5.90. The monoisotopic (exact) mass is 408 g/mol. The van der Waals surface area contributed by atoms with Crippen molar-refractivity contribution in [1.29, 1.82) is 0 Å². The molecule has 1 N–H and O–H groups in total. The van der Waals surface area contributed by atoms with Crippen molar-refractivity contribution in [3.8, 4) is 17.1 Å². The Morgan fingerprint density at radius 1 is 1.14 bits per heavy atom. The third-order valence-corrected chi connectivity index (χ3v) is 4.57. The molecule has 0 unspecified atom stereocenters. The highest BCUT2D eigenvalue weighted by atomic mass is 35.5. The van der Waals surface area contributed by atoms with Gasteiger partial charge in [0.15, 0.2) is 11.5 Å². The molecule has 0 aliphatic carbocycles. The van der Waals surface area contributed by atoms with Gasteiger partial charge in [0.25, 0.3) is 5.91 Å². The van der Waals surface area contributed by atoms with Crippen molar-refractivity contribution >= 4 is 23.3 Å². The number of hydrogen-bond acceptors (Lipinski definition) is 5. The Bertz CT molecular complexity index is 1120. The number of aromatic nitrogens is 3. The zero-order valence-electron chi connectivity index (χ0n) is 15.5. The highest BCUT2D eigenvalue weighted by molar-refractivity contribution is 6.30. The third-order valence-electron chi connectivity index (χ3n) is 4.32. The van der Waals surface area contributed by atoms with Gasteiger partial charge in [-0.25, -0.2) is 4.68 Å². The zero-order valence-corrected chi connectivity index (χ0v) is 16.3. The van der Waals surface area contributed by atoms with Crippen molar-refractivity contribution in [2.75, 3.05) is 12.4 Å². The van der Waals surface area contributed by atoms with Crippen molar-refractivity contribution in [3.05, 3.63) is 83.1 Å². The third kappa shape index (κ3) is 4.30. The van der Waals surface area contributed by atoms with Crippen LogP contribution in [0.4, 0.5) is 5.82 Å². The Morgan fingerprint density at radius 2 is 1.90 bits per heavy atom. The summed E-state index contributed by atoms with van der Waals surface area (Å²) in [5.41, 5.74) is 1.98. The fourth-order valence-corrected chi connectivity index (χ4v) is 2.91. The van der Waals surface area contributed by atoms with Gasteiger partial charge in [-0.05, 0) is 42.0 Å². The Kier molecular flexibility index (Phi) is 5.31. The van der Waals surface area contributed by atoms with Gasteiger partial charge in [-0.3, -0.25) is 4.79 Å². The number of carbonyl (C=O) groups excluding carboxylic acids is 1. The molecule has 0 aliphatic heterocycles. The standard InChI is InChI=1S/C21H17ClN4O3/c1-28-17-8-2-14(3-9-17)13-26-20(10-11-23-26)24-21(27)18-12-19(29-25-18)15-4-6-16(22)7-5-15/h2-12H,13H2,1H3,(H,24,27). The molecule has 0 fully saturated rings. The van der Waals surface area contributed by atoms with Crippen molar-refractivity contribution in [1.82, 2.24) is 14.9 Å². The number of halogens is 1. The fraction of sp³-hybridized carbons (Fsp3) is 0.0952. The summed E-state index contributed by atoms with van der Waals surface area (Å²) in [7, 11) is 1.62. The highest BCUT2D eigenvalue weighted by Gasteiger charge is 2.16. The number of hydrogen-bond donors (Lipinski definition) is 1. The van der Waals surface area contributed by atoms with E-state index in [2.05, 4.69) is 15.6 Å². The van der Waals surface area contributed by atoms with Crippen LogP contribution in [0, 0.1) is 0 Å². The van der Waals surface area contributed by atoms with Crippen LogP contribution >= 0.6 is 11.6 Å². The number of amides is 1. The maximum absolute atomic E-state index is 12.6. The van der Waals surface area contributed by atoms with E-state index >= 15 is 0 Å². The summed E-state index contributed by atoms with van der Waals surface area (Å²) in [5, 5.41) is 11.6. The number of nitrogens with zero attached hydrogens (tertiary/aromatic N) is 3. The average molecular weight is 409 g/mol. The van der Waals surface area contributed by atoms with E-state index in [9.17, 15) is 4.79 Å². The predicted octanol–water partition coefficient (Wildman–Crippen LogP) is 4.50. The number of benzene rings is 2. The maximum Gasteiger partial charge on any atom is 0.279 e. The number of anilines is 1. The molecule has 2 heterocycles. The number of methoxy groups -OCH3 is 1. The Morgan fingerprint density at radius 3 is 2.62 bits per heavy atom. The second kappa shape index (κ2) is 8.20. The van der Waals surface area contributed by atoms with Gasteiger partial charge < -0.3 is 14.6 Å². The summed E-state index contributed by atoms with van der Waals surface area (Å²) in [6.07, 6.45) is 1.63. The van der Waals surface area contributed by atoms with Gasteiger partial charge in [-0.1, -0.05) is 28.9 Å². The molecule has 1 amide bonds. The van der Waals surface area contributed by atoms with Crippen molar-refractivity contribution < 1.29 is 14.1 Å². The second-order valence-corrected chi connectivity index (χ2v) is 6.70. The van der Waals surface area contributed by atoms with E-state index in [0.29, 0.717) is 23.1 Å². The lowest BCUT2D eigenvalue weighted by Crippen LogP contribution is -2.16. The van der Waals surface area contributed by atoms with Crippen molar-refractivity contribution in [3.63, 3.8) is 0 Å². The molecule has 2 aromatic carbocycles. The minimum Gasteiger partial charge on any atom is -0.497 e. The summed E-state index contributed by atoms with van der Waals surface area (Å²) in [6.45, 7) is 0.501. The maximum atomic E-state index is 12.6. The molecule has 0 radical (unpaired) electrons. The van der Waals surface area contributed by atoms with Gasteiger partial charge in [-0.15, -0.1) is 0 Å². The number of carbonyl (C=O) groups is 1. The first-order chi connectivity index (χ1) is 14.1. The van der Waals surface area contributed by atoms with Crippen LogP contribution < -0.4 is 10.1 Å². The molecule has 0 atom stereocenters. The summed E-state index contributed by atoms with van der Waals surface area (Å²) in [5.74, 6) is 1.44. The molecule has 0 spiro atoms. The SMILES string of the molecule is COc1ccc(Cn2nccc2NC(=O)c2cc(-c3ccc(Cl)cc3)on2)cc1. The first-order valence-electron chi connectivity index (χ1n) is 8.81. The molecule has 4 rings (SSSR count). The van der Waals surface area contributed by atoms with E-state index in [4.69, 9.17) is 20.9 Å². The lowest BCUT2D eigenvalue weighted by Gasteiger charge is -2.08. The van der Waals surface area contributed by atoms with Crippen LogP contribution in [0.3, 0.4) is 0 Å². The molecular weight excluding hydrogens is 392 g/mol. The molecule has 0 saturated carbocycles. The minimum atomic E-state index is -0.384.